The van der Waals surface area contributed by atoms with Gasteiger partial charge in [-0.3, -0.25) is 23.7 Å². The number of amides is 2. The number of halogens is 1. The van der Waals surface area contributed by atoms with Crippen LogP contribution in [-0.2, 0) is 4.74 Å². The highest BCUT2D eigenvalue weighted by Gasteiger charge is 2.39. The first-order valence-electron chi connectivity index (χ1n) is 13.3. The first kappa shape index (κ1) is 26.5. The Balaban J connectivity index is 1.38. The molecular formula is C27H30FN9O4. The number of anilines is 3. The molecule has 2 atom stereocenters. The summed E-state index contributed by atoms with van der Waals surface area (Å²) in [5.41, 5.74) is -0.745. The van der Waals surface area contributed by atoms with Crippen molar-refractivity contribution >= 4 is 35.0 Å². The number of rotatable bonds is 7. The van der Waals surface area contributed by atoms with Crippen LogP contribution in [0, 0.1) is 0 Å². The van der Waals surface area contributed by atoms with E-state index in [0.717, 1.165) is 12.8 Å². The molecule has 41 heavy (non-hydrogen) atoms. The van der Waals surface area contributed by atoms with Gasteiger partial charge in [-0.25, -0.2) is 14.2 Å². The summed E-state index contributed by atoms with van der Waals surface area (Å²) in [6.45, 7) is 5.23. The van der Waals surface area contributed by atoms with Crippen LogP contribution in [-0.4, -0.2) is 65.8 Å². The van der Waals surface area contributed by atoms with Crippen LogP contribution in [0.3, 0.4) is 0 Å². The van der Waals surface area contributed by atoms with E-state index in [1.807, 2.05) is 10.9 Å². The molecule has 2 saturated carbocycles. The molecule has 0 spiro atoms. The third-order valence-corrected chi connectivity index (χ3v) is 6.71. The highest BCUT2D eigenvalue weighted by atomic mass is 19.1. The first-order valence-corrected chi connectivity index (χ1v) is 13.3. The van der Waals surface area contributed by atoms with Gasteiger partial charge in [-0.15, -0.1) is 0 Å². The summed E-state index contributed by atoms with van der Waals surface area (Å²) >= 11 is 0. The summed E-state index contributed by atoms with van der Waals surface area (Å²) < 4.78 is 23.6. The van der Waals surface area contributed by atoms with Gasteiger partial charge in [0.25, 0.3) is 11.5 Å². The highest BCUT2D eigenvalue weighted by Crippen LogP contribution is 2.34. The molecule has 2 N–H and O–H groups in total. The van der Waals surface area contributed by atoms with Crippen LogP contribution in [0.15, 0.2) is 47.7 Å². The molecule has 4 heterocycles. The van der Waals surface area contributed by atoms with E-state index in [-0.39, 0.29) is 40.5 Å². The van der Waals surface area contributed by atoms with Crippen molar-refractivity contribution in [2.45, 2.75) is 63.9 Å². The zero-order chi connectivity index (χ0) is 29.1. The molecule has 0 aliphatic heterocycles. The highest BCUT2D eigenvalue weighted by molar-refractivity contribution is 6.01. The third kappa shape index (κ3) is 5.36. The topological polar surface area (TPSA) is 141 Å². The number of aromatic nitrogens is 6. The molecule has 0 unspecified atom stereocenters. The molecule has 4 aromatic heterocycles. The molecule has 0 radical (unpaired) electrons. The lowest BCUT2D eigenvalue weighted by molar-refractivity contribution is 0.0587. The number of alkyl halides is 1. The molecular weight excluding hydrogens is 533 g/mol. The minimum atomic E-state index is -1.09. The van der Waals surface area contributed by atoms with Crippen molar-refractivity contribution in [3.8, 4) is 5.82 Å². The van der Waals surface area contributed by atoms with Gasteiger partial charge < -0.3 is 15.4 Å². The fourth-order valence-electron chi connectivity index (χ4n) is 4.30. The van der Waals surface area contributed by atoms with Gasteiger partial charge in [-0.05, 0) is 45.7 Å². The van der Waals surface area contributed by atoms with Crippen molar-refractivity contribution in [1.82, 2.24) is 34.3 Å². The lowest BCUT2D eigenvalue weighted by atomic mass is 10.2. The molecule has 2 fully saturated rings. The molecule has 13 nitrogen and oxygen atoms in total. The third-order valence-electron chi connectivity index (χ3n) is 6.71. The number of nitrogens with zero attached hydrogens (tertiary/aromatic N) is 7. The number of hydrogen-bond donors (Lipinski definition) is 2. The summed E-state index contributed by atoms with van der Waals surface area (Å²) in [7, 11) is 1.50. The Bertz CT molecular complexity index is 1720. The van der Waals surface area contributed by atoms with Crippen LogP contribution >= 0.6 is 0 Å². The van der Waals surface area contributed by atoms with Crippen molar-refractivity contribution in [1.29, 1.82) is 0 Å². The second kappa shape index (κ2) is 9.71. The monoisotopic (exact) mass is 563 g/mol. The van der Waals surface area contributed by atoms with Crippen LogP contribution in [0.4, 0.5) is 26.5 Å². The number of ether oxygens (including phenoxy) is 1. The Morgan fingerprint density at radius 2 is 1.95 bits per heavy atom. The Kier molecular flexibility index (Phi) is 6.27. The standard InChI is InChI=1S/C27H30FN9O4/c1-27(2,3)41-26(40)34(4)22-13-20(32-23-16(14-29-37(22)23)24(38)31-19-12-17(19)28)30-18-6-5-10-35(25(18)39)21-9-11-36(33-21)15-7-8-15/h5-6,9-11,13-15,17,19H,7-8,12H2,1-4H3,(H,30,32)(H,31,38)/t17-,19+/m0/s1. The van der Waals surface area contributed by atoms with Gasteiger partial charge in [-0.2, -0.15) is 14.7 Å². The van der Waals surface area contributed by atoms with Crippen molar-refractivity contribution in [3.63, 3.8) is 0 Å². The van der Waals surface area contributed by atoms with Crippen LogP contribution in [0.2, 0.25) is 0 Å². The second-order valence-electron chi connectivity index (χ2n) is 11.3. The number of nitrogens with one attached hydrogen (secondary N) is 2. The van der Waals surface area contributed by atoms with Crippen LogP contribution in [0.1, 0.15) is 56.4 Å². The Morgan fingerprint density at radius 1 is 1.20 bits per heavy atom. The van der Waals surface area contributed by atoms with Crippen LogP contribution in [0.5, 0.6) is 0 Å². The number of carbonyl (C=O) groups is 2. The summed E-state index contributed by atoms with van der Waals surface area (Å²) in [5.74, 6) is 0.333. The van der Waals surface area contributed by atoms with Crippen molar-refractivity contribution in [2.75, 3.05) is 17.3 Å². The van der Waals surface area contributed by atoms with E-state index in [2.05, 4.69) is 25.8 Å². The Morgan fingerprint density at radius 3 is 2.63 bits per heavy atom. The van der Waals surface area contributed by atoms with Gasteiger partial charge in [0, 0.05) is 38.0 Å². The predicted octanol–water partition coefficient (Wildman–Crippen LogP) is 3.37. The Labute approximate surface area is 233 Å². The molecule has 4 aromatic rings. The summed E-state index contributed by atoms with van der Waals surface area (Å²) in [6.07, 6.45) is 5.41. The SMILES string of the molecule is CN(C(=O)OC(C)(C)C)c1cc(Nc2cccn(-c3ccn(C4CC4)n3)c2=O)nc2c(C(=O)N[C@@H]3C[C@@H]3F)cnn12. The molecule has 6 rings (SSSR count). The molecule has 0 bridgehead atoms. The van der Waals surface area contributed by atoms with Gasteiger partial charge in [0.2, 0.25) is 0 Å². The van der Waals surface area contributed by atoms with Gasteiger partial charge in [0.1, 0.15) is 34.7 Å². The fraction of sp³-hybridized carbons (Fsp3) is 0.407. The molecule has 0 saturated heterocycles. The molecule has 2 amide bonds. The maximum Gasteiger partial charge on any atom is 0.415 e. The zero-order valence-electron chi connectivity index (χ0n) is 23.0. The average Bonchev–Trinajstić information content (AvgIpc) is 3.77. The smallest absolute Gasteiger partial charge is 0.415 e. The number of pyridine rings is 1. The van der Waals surface area contributed by atoms with E-state index in [1.54, 1.807) is 45.2 Å². The van der Waals surface area contributed by atoms with Crippen molar-refractivity contribution in [2.24, 2.45) is 0 Å². The van der Waals surface area contributed by atoms with Gasteiger partial charge >= 0.3 is 6.09 Å². The van der Waals surface area contributed by atoms with Crippen molar-refractivity contribution in [3.05, 3.63) is 58.8 Å². The maximum absolute atomic E-state index is 13.5. The van der Waals surface area contributed by atoms with Crippen LogP contribution < -0.4 is 21.1 Å². The molecule has 214 valence electrons. The molecule has 2 aliphatic rings. The summed E-state index contributed by atoms with van der Waals surface area (Å²) in [4.78, 5) is 45.1. The molecule has 14 heteroatoms. The normalized spacial score (nSPS) is 18.3. The lowest BCUT2D eigenvalue weighted by Gasteiger charge is -2.25. The predicted molar refractivity (Wildman–Crippen MR) is 148 cm³/mol. The number of fused-ring (bicyclic) bond motifs is 1. The Hall–Kier alpha value is -4.75. The maximum atomic E-state index is 13.5. The van der Waals surface area contributed by atoms with Gasteiger partial charge in [-0.1, -0.05) is 0 Å². The van der Waals surface area contributed by atoms with E-state index in [0.29, 0.717) is 11.9 Å². The van der Waals surface area contributed by atoms with E-state index >= 15 is 0 Å². The molecule has 0 aromatic carbocycles. The number of hydrogen-bond acceptors (Lipinski definition) is 8. The van der Waals surface area contributed by atoms with Gasteiger partial charge in [0.05, 0.1) is 18.3 Å². The molecule has 2 aliphatic carbocycles. The van der Waals surface area contributed by atoms with E-state index in [4.69, 9.17) is 4.74 Å². The van der Waals surface area contributed by atoms with E-state index < -0.39 is 29.8 Å². The van der Waals surface area contributed by atoms with Gasteiger partial charge in [0.15, 0.2) is 11.5 Å². The fourth-order valence-corrected chi connectivity index (χ4v) is 4.30. The first-order chi connectivity index (χ1) is 19.5. The summed E-state index contributed by atoms with van der Waals surface area (Å²) in [6, 6.07) is 6.40. The minimum Gasteiger partial charge on any atom is -0.443 e. The van der Waals surface area contributed by atoms with E-state index in [9.17, 15) is 18.8 Å². The van der Waals surface area contributed by atoms with E-state index in [1.165, 1.54) is 33.3 Å². The summed E-state index contributed by atoms with van der Waals surface area (Å²) in [5, 5.41) is 14.5. The lowest BCUT2D eigenvalue weighted by Crippen LogP contribution is -2.35. The number of carbonyl (C=O) groups excluding carboxylic acids is 2. The second-order valence-corrected chi connectivity index (χ2v) is 11.3. The largest absolute Gasteiger partial charge is 0.443 e. The average molecular weight is 564 g/mol. The minimum absolute atomic E-state index is 0.0858. The van der Waals surface area contributed by atoms with Crippen LogP contribution in [0.25, 0.3) is 11.5 Å². The van der Waals surface area contributed by atoms with Crippen molar-refractivity contribution < 1.29 is 18.7 Å². The quantitative estimate of drug-likeness (QED) is 0.349. The zero-order valence-corrected chi connectivity index (χ0v) is 23.0.